The van der Waals surface area contributed by atoms with Gasteiger partial charge in [-0.2, -0.15) is 0 Å². The van der Waals surface area contributed by atoms with E-state index in [9.17, 15) is 0 Å². The minimum Gasteiger partial charge on any atom is -0.382 e. The van der Waals surface area contributed by atoms with E-state index in [2.05, 4.69) is 15.0 Å². The molecule has 0 aromatic heterocycles. The molecule has 2 rings (SSSR count). The maximum Gasteiger partial charge on any atom is 0.166 e. The Morgan fingerprint density at radius 1 is 1.33 bits per heavy atom. The van der Waals surface area contributed by atoms with E-state index < -0.39 is 0 Å². The van der Waals surface area contributed by atoms with Crippen LogP contribution in [-0.2, 0) is 6.67 Å². The average molecular weight is 164 g/mol. The molecule has 0 spiro atoms. The predicted octanol–water partition coefficient (Wildman–Crippen LogP) is -0.724. The van der Waals surface area contributed by atoms with Gasteiger partial charge in [-0.15, -0.1) is 0 Å². The molecule has 0 atom stereocenters. The van der Waals surface area contributed by atoms with Crippen LogP contribution in [0.2, 0.25) is 0 Å². The highest BCUT2D eigenvalue weighted by Crippen LogP contribution is 2.20. The van der Waals surface area contributed by atoms with Crippen molar-refractivity contribution in [3.8, 4) is 11.5 Å². The van der Waals surface area contributed by atoms with Crippen molar-refractivity contribution in [1.29, 1.82) is 0 Å². The molecular formula is C6H8N6. The minimum atomic E-state index is 0.322. The molecule has 6 heteroatoms. The summed E-state index contributed by atoms with van der Waals surface area (Å²) in [5.41, 5.74) is 11.6. The Labute approximate surface area is 68.6 Å². The molecule has 0 bridgehead atoms. The number of nitrogen functional groups attached to an aromatic ring is 1. The van der Waals surface area contributed by atoms with Crippen LogP contribution in [0, 0.1) is 0 Å². The second-order valence-corrected chi connectivity index (χ2v) is 2.33. The first-order valence-electron chi connectivity index (χ1n) is 3.44. The predicted molar refractivity (Wildman–Crippen MR) is 43.0 cm³/mol. The van der Waals surface area contributed by atoms with Gasteiger partial charge in [-0.25, -0.2) is 15.0 Å². The Morgan fingerprint density at radius 2 is 2.17 bits per heavy atom. The molecule has 0 saturated heterocycles. The number of nitrogens with zero attached hydrogens (tertiary/aromatic N) is 4. The lowest BCUT2D eigenvalue weighted by atomic mass is 10.4. The molecule has 2 aliphatic rings. The molecule has 4 N–H and O–H groups in total. The third-order valence-corrected chi connectivity index (χ3v) is 1.63. The summed E-state index contributed by atoms with van der Waals surface area (Å²) in [6, 6.07) is 0. The van der Waals surface area contributed by atoms with Gasteiger partial charge >= 0.3 is 0 Å². The van der Waals surface area contributed by atoms with E-state index in [1.807, 2.05) is 0 Å². The summed E-state index contributed by atoms with van der Waals surface area (Å²) in [7, 11) is 0. The highest BCUT2D eigenvalue weighted by atomic mass is 15.2. The molecule has 0 saturated carbocycles. The summed E-state index contributed by atoms with van der Waals surface area (Å²) < 4.78 is 1.68. The van der Waals surface area contributed by atoms with Crippen molar-refractivity contribution >= 4 is 5.82 Å². The van der Waals surface area contributed by atoms with Crippen molar-refractivity contribution in [2.75, 3.05) is 5.73 Å². The van der Waals surface area contributed by atoms with E-state index >= 15 is 0 Å². The maximum atomic E-state index is 5.56. The van der Waals surface area contributed by atoms with Crippen molar-refractivity contribution in [3.63, 3.8) is 0 Å². The first-order chi connectivity index (χ1) is 5.83. The second-order valence-electron chi connectivity index (χ2n) is 2.33. The van der Waals surface area contributed by atoms with Crippen LogP contribution in [0.1, 0.15) is 0 Å². The van der Waals surface area contributed by atoms with Crippen molar-refractivity contribution in [3.05, 3.63) is 12.7 Å². The zero-order valence-corrected chi connectivity index (χ0v) is 6.31. The van der Waals surface area contributed by atoms with Crippen molar-refractivity contribution < 1.29 is 0 Å². The van der Waals surface area contributed by atoms with Gasteiger partial charge in [0.1, 0.15) is 12.0 Å². The van der Waals surface area contributed by atoms with Crippen molar-refractivity contribution in [2.45, 2.75) is 6.67 Å². The lowest BCUT2D eigenvalue weighted by Crippen LogP contribution is -2.13. The molecular weight excluding hydrogens is 156 g/mol. The highest BCUT2D eigenvalue weighted by molar-refractivity contribution is 5.64. The van der Waals surface area contributed by atoms with Gasteiger partial charge in [-0.3, -0.25) is 0 Å². The largest absolute Gasteiger partial charge is 0.382 e. The fourth-order valence-corrected chi connectivity index (χ4v) is 1.03. The van der Waals surface area contributed by atoms with E-state index in [4.69, 9.17) is 11.5 Å². The molecule has 0 radical (unpaired) electrons. The molecule has 0 fully saturated rings. The maximum absolute atomic E-state index is 5.56. The Hall–Kier alpha value is -1.69. The first-order valence-corrected chi connectivity index (χ1v) is 3.44. The lowest BCUT2D eigenvalue weighted by molar-refractivity contribution is 0.706. The zero-order chi connectivity index (χ0) is 8.55. The van der Waals surface area contributed by atoms with Gasteiger partial charge in [0, 0.05) is 0 Å². The van der Waals surface area contributed by atoms with Crippen molar-refractivity contribution in [2.24, 2.45) is 5.73 Å². The summed E-state index contributed by atoms with van der Waals surface area (Å²) in [6.07, 6.45) is 2.99. The third kappa shape index (κ3) is 0.817. The fraction of sp³-hybridized carbons (Fsp3) is 0.167. The quantitative estimate of drug-likeness (QED) is 0.579. The summed E-state index contributed by atoms with van der Waals surface area (Å²) in [5, 5.41) is 0. The van der Waals surface area contributed by atoms with Gasteiger partial charge in [0.25, 0.3) is 0 Å². The van der Waals surface area contributed by atoms with Crippen LogP contribution in [-0.4, -0.2) is 19.5 Å². The fourth-order valence-electron chi connectivity index (χ4n) is 1.03. The monoisotopic (exact) mass is 164 g/mol. The van der Waals surface area contributed by atoms with E-state index in [0.29, 0.717) is 24.0 Å². The van der Waals surface area contributed by atoms with E-state index in [1.54, 1.807) is 10.9 Å². The van der Waals surface area contributed by atoms with Crippen LogP contribution in [0.4, 0.5) is 5.82 Å². The molecule has 0 aromatic rings. The van der Waals surface area contributed by atoms with Crippen LogP contribution in [0.3, 0.4) is 0 Å². The SMILES string of the molecule is NCn1cnc(N)c2ncnc1-2. The number of fused-ring (bicyclic) bond motifs is 1. The molecule has 6 nitrogen and oxygen atoms in total. The highest BCUT2D eigenvalue weighted by Gasteiger charge is 2.12. The Bertz CT molecular complexity index is 367. The summed E-state index contributed by atoms with van der Waals surface area (Å²) in [6.45, 7) is 0.322. The van der Waals surface area contributed by atoms with Gasteiger partial charge in [0.15, 0.2) is 11.6 Å². The minimum absolute atomic E-state index is 0.322. The summed E-state index contributed by atoms with van der Waals surface area (Å²) in [5.74, 6) is 1.05. The molecule has 0 amide bonds. The molecule has 12 heavy (non-hydrogen) atoms. The Morgan fingerprint density at radius 3 is 2.92 bits per heavy atom. The summed E-state index contributed by atoms with van der Waals surface area (Å²) in [4.78, 5) is 11.9. The molecule has 2 aliphatic heterocycles. The zero-order valence-electron chi connectivity index (χ0n) is 6.31. The van der Waals surface area contributed by atoms with Crippen LogP contribution in [0.15, 0.2) is 12.7 Å². The normalized spacial score (nSPS) is 10.8. The van der Waals surface area contributed by atoms with Gasteiger partial charge in [-0.05, 0) is 0 Å². The van der Waals surface area contributed by atoms with Crippen LogP contribution >= 0.6 is 0 Å². The topological polar surface area (TPSA) is 95.6 Å². The molecule has 0 aromatic carbocycles. The molecule has 2 heterocycles. The number of rotatable bonds is 1. The van der Waals surface area contributed by atoms with E-state index in [0.717, 1.165) is 0 Å². The lowest BCUT2D eigenvalue weighted by Gasteiger charge is -2.07. The van der Waals surface area contributed by atoms with Crippen LogP contribution in [0.5, 0.6) is 0 Å². The Kier molecular flexibility index (Phi) is 1.41. The molecule has 0 aliphatic carbocycles. The number of nitrogens with two attached hydrogens (primary N) is 2. The van der Waals surface area contributed by atoms with Gasteiger partial charge in [0.2, 0.25) is 0 Å². The average Bonchev–Trinajstić information content (AvgIpc) is 2.54. The summed E-state index contributed by atoms with van der Waals surface area (Å²) >= 11 is 0. The standard InChI is InChI=1S/C6H8N6/c7-1-12-3-11-5(8)4-6(12)10-2-9-4/h2-3H,1,7-8H2. The number of hydrogen-bond donors (Lipinski definition) is 2. The number of aromatic nitrogens is 4. The smallest absolute Gasteiger partial charge is 0.166 e. The Balaban J connectivity index is 2.71. The first kappa shape index (κ1) is 6.99. The number of hydrogen-bond acceptors (Lipinski definition) is 5. The van der Waals surface area contributed by atoms with Gasteiger partial charge < -0.3 is 16.0 Å². The van der Waals surface area contributed by atoms with E-state index in [1.165, 1.54) is 6.33 Å². The number of anilines is 1. The van der Waals surface area contributed by atoms with E-state index in [-0.39, 0.29) is 0 Å². The number of imidazole rings is 1. The van der Waals surface area contributed by atoms with Crippen LogP contribution < -0.4 is 11.5 Å². The van der Waals surface area contributed by atoms with Crippen LogP contribution in [0.25, 0.3) is 11.5 Å². The van der Waals surface area contributed by atoms with Gasteiger partial charge in [-0.1, -0.05) is 0 Å². The van der Waals surface area contributed by atoms with Crippen molar-refractivity contribution in [1.82, 2.24) is 19.5 Å². The molecule has 0 unspecified atom stereocenters. The third-order valence-electron chi connectivity index (χ3n) is 1.63. The van der Waals surface area contributed by atoms with Gasteiger partial charge in [0.05, 0.1) is 13.0 Å². The second kappa shape index (κ2) is 2.42. The molecule has 62 valence electrons.